The third-order valence-electron chi connectivity index (χ3n) is 5.39. The normalized spacial score (nSPS) is 12.7. The van der Waals surface area contributed by atoms with Gasteiger partial charge in [0.1, 0.15) is 12.1 Å². The second-order valence-electron chi connectivity index (χ2n) is 7.29. The maximum absolute atomic E-state index is 5.66. The SMILES string of the molecule is COCc1ncc(-c2cnc(NCc3cccc4c3CCO4)n3cnnc23)cc1C. The minimum Gasteiger partial charge on any atom is -0.493 e. The number of ether oxygens (including phenoxy) is 2. The zero-order chi connectivity index (χ0) is 20.5. The molecule has 4 heterocycles. The molecule has 5 rings (SSSR count). The van der Waals surface area contributed by atoms with E-state index in [1.807, 2.05) is 35.9 Å². The van der Waals surface area contributed by atoms with E-state index in [9.17, 15) is 0 Å². The highest BCUT2D eigenvalue weighted by atomic mass is 16.5. The monoisotopic (exact) mass is 402 g/mol. The summed E-state index contributed by atoms with van der Waals surface area (Å²) in [6.07, 6.45) is 6.25. The average molecular weight is 402 g/mol. The predicted octanol–water partition coefficient (Wildman–Crippen LogP) is 3.19. The fourth-order valence-electron chi connectivity index (χ4n) is 3.82. The highest BCUT2D eigenvalue weighted by molar-refractivity contribution is 5.77. The van der Waals surface area contributed by atoms with Gasteiger partial charge < -0.3 is 14.8 Å². The Bertz CT molecular complexity index is 1220. The lowest BCUT2D eigenvalue weighted by atomic mass is 10.1. The minimum atomic E-state index is 0.488. The topological polar surface area (TPSA) is 86.5 Å². The first-order chi connectivity index (χ1) is 14.7. The Morgan fingerprint density at radius 1 is 1.23 bits per heavy atom. The van der Waals surface area contributed by atoms with E-state index in [1.54, 1.807) is 13.4 Å². The molecule has 1 aliphatic heterocycles. The van der Waals surface area contributed by atoms with Crippen molar-refractivity contribution in [1.82, 2.24) is 24.6 Å². The van der Waals surface area contributed by atoms with Gasteiger partial charge in [0.05, 0.1) is 18.9 Å². The van der Waals surface area contributed by atoms with Gasteiger partial charge in [-0.15, -0.1) is 10.2 Å². The molecule has 0 saturated heterocycles. The van der Waals surface area contributed by atoms with E-state index in [0.29, 0.717) is 19.1 Å². The molecule has 0 radical (unpaired) electrons. The highest BCUT2D eigenvalue weighted by Gasteiger charge is 2.17. The van der Waals surface area contributed by atoms with Crippen molar-refractivity contribution >= 4 is 11.6 Å². The molecule has 0 spiro atoms. The lowest BCUT2D eigenvalue weighted by Gasteiger charge is -2.12. The Balaban J connectivity index is 1.45. The van der Waals surface area contributed by atoms with Crippen LogP contribution in [0.1, 0.15) is 22.4 Å². The number of nitrogens with zero attached hydrogens (tertiary/aromatic N) is 5. The molecule has 8 heteroatoms. The number of methoxy groups -OCH3 is 1. The summed E-state index contributed by atoms with van der Waals surface area (Å²) in [7, 11) is 1.67. The van der Waals surface area contributed by atoms with Crippen LogP contribution in [0.25, 0.3) is 16.8 Å². The van der Waals surface area contributed by atoms with Gasteiger partial charge in [-0.3, -0.25) is 9.38 Å². The van der Waals surface area contributed by atoms with Crippen molar-refractivity contribution in [3.8, 4) is 16.9 Å². The van der Waals surface area contributed by atoms with Gasteiger partial charge >= 0.3 is 0 Å². The summed E-state index contributed by atoms with van der Waals surface area (Å²) >= 11 is 0. The zero-order valence-electron chi connectivity index (χ0n) is 16.9. The maximum atomic E-state index is 5.66. The Morgan fingerprint density at radius 3 is 3.03 bits per heavy atom. The first-order valence-electron chi connectivity index (χ1n) is 9.85. The Kier molecular flexibility index (Phi) is 4.76. The molecule has 1 N–H and O–H groups in total. The van der Waals surface area contributed by atoms with Gasteiger partial charge in [0.25, 0.3) is 0 Å². The number of anilines is 1. The van der Waals surface area contributed by atoms with Gasteiger partial charge in [-0.25, -0.2) is 4.98 Å². The second-order valence-corrected chi connectivity index (χ2v) is 7.29. The van der Waals surface area contributed by atoms with Crippen LogP contribution in [0.3, 0.4) is 0 Å². The second kappa shape index (κ2) is 7.72. The molecule has 8 nitrogen and oxygen atoms in total. The standard InChI is InChI=1S/C22H22N6O2/c1-14-8-16(10-23-19(14)12-29-2)18-11-25-22(28-13-26-27-21(18)28)24-9-15-4-3-5-20-17(15)6-7-30-20/h3-5,8,10-11,13H,6-7,9,12H2,1-2H3,(H,24,25). The third kappa shape index (κ3) is 3.25. The maximum Gasteiger partial charge on any atom is 0.210 e. The number of benzene rings is 1. The smallest absolute Gasteiger partial charge is 0.210 e. The molecule has 30 heavy (non-hydrogen) atoms. The minimum absolute atomic E-state index is 0.488. The van der Waals surface area contributed by atoms with E-state index < -0.39 is 0 Å². The number of hydrogen-bond acceptors (Lipinski definition) is 7. The van der Waals surface area contributed by atoms with Crippen LogP contribution in [-0.4, -0.2) is 38.3 Å². The molecule has 1 aromatic carbocycles. The van der Waals surface area contributed by atoms with Gasteiger partial charge in [0.15, 0.2) is 5.65 Å². The molecule has 0 unspecified atom stereocenters. The number of hydrogen-bond donors (Lipinski definition) is 1. The molecule has 4 aromatic rings. The molecule has 0 aliphatic carbocycles. The summed E-state index contributed by atoms with van der Waals surface area (Å²) in [5.74, 6) is 1.67. The van der Waals surface area contributed by atoms with Gasteiger partial charge in [-0.2, -0.15) is 0 Å². The predicted molar refractivity (Wildman–Crippen MR) is 112 cm³/mol. The van der Waals surface area contributed by atoms with Crippen LogP contribution in [0.5, 0.6) is 5.75 Å². The quantitative estimate of drug-likeness (QED) is 0.530. The molecule has 0 bridgehead atoms. The molecule has 0 fully saturated rings. The number of fused-ring (bicyclic) bond motifs is 2. The van der Waals surface area contributed by atoms with E-state index >= 15 is 0 Å². The largest absolute Gasteiger partial charge is 0.493 e. The molecule has 3 aromatic heterocycles. The van der Waals surface area contributed by atoms with E-state index in [4.69, 9.17) is 9.47 Å². The van der Waals surface area contributed by atoms with Crippen molar-refractivity contribution in [1.29, 1.82) is 0 Å². The first-order valence-corrected chi connectivity index (χ1v) is 9.85. The van der Waals surface area contributed by atoms with Gasteiger partial charge in [-0.05, 0) is 30.2 Å². The number of aromatic nitrogens is 5. The van der Waals surface area contributed by atoms with Crippen molar-refractivity contribution in [3.63, 3.8) is 0 Å². The number of nitrogens with one attached hydrogen (secondary N) is 1. The summed E-state index contributed by atoms with van der Waals surface area (Å²) in [4.78, 5) is 9.17. The lowest BCUT2D eigenvalue weighted by Crippen LogP contribution is -2.08. The first kappa shape index (κ1) is 18.5. The summed E-state index contributed by atoms with van der Waals surface area (Å²) in [5.41, 5.74) is 7.02. The van der Waals surface area contributed by atoms with E-state index in [1.165, 1.54) is 11.1 Å². The molecule has 0 saturated carbocycles. The van der Waals surface area contributed by atoms with Crippen LogP contribution < -0.4 is 10.1 Å². The molecule has 0 amide bonds. The van der Waals surface area contributed by atoms with Gasteiger partial charge in [-0.1, -0.05) is 12.1 Å². The average Bonchev–Trinajstić information content (AvgIpc) is 3.43. The van der Waals surface area contributed by atoms with Gasteiger partial charge in [0, 0.05) is 49.2 Å². The van der Waals surface area contributed by atoms with E-state index in [0.717, 1.165) is 46.8 Å². The zero-order valence-corrected chi connectivity index (χ0v) is 16.9. The molecular formula is C22H22N6O2. The van der Waals surface area contributed by atoms with Crippen molar-refractivity contribution in [2.75, 3.05) is 19.0 Å². The van der Waals surface area contributed by atoms with Crippen molar-refractivity contribution in [2.45, 2.75) is 26.5 Å². The lowest BCUT2D eigenvalue weighted by molar-refractivity contribution is 0.181. The number of rotatable bonds is 6. The summed E-state index contributed by atoms with van der Waals surface area (Å²) in [6.45, 7) is 3.91. The van der Waals surface area contributed by atoms with Crippen LogP contribution in [-0.2, 0) is 24.3 Å². The summed E-state index contributed by atoms with van der Waals surface area (Å²) in [5, 5.41) is 11.8. The fourth-order valence-corrected chi connectivity index (χ4v) is 3.82. The van der Waals surface area contributed by atoms with Crippen molar-refractivity contribution in [2.24, 2.45) is 0 Å². The van der Waals surface area contributed by atoms with Crippen molar-refractivity contribution < 1.29 is 9.47 Å². The van der Waals surface area contributed by atoms with Crippen LogP contribution in [0.4, 0.5) is 5.95 Å². The molecule has 0 atom stereocenters. The van der Waals surface area contributed by atoms with Crippen LogP contribution in [0.15, 0.2) is 43.0 Å². The Labute approximate surface area is 173 Å². The summed E-state index contributed by atoms with van der Waals surface area (Å²) < 4.78 is 12.7. The highest BCUT2D eigenvalue weighted by Crippen LogP contribution is 2.29. The Hall–Kier alpha value is -3.52. The van der Waals surface area contributed by atoms with E-state index in [-0.39, 0.29) is 0 Å². The number of aryl methyl sites for hydroxylation is 1. The molecule has 1 aliphatic rings. The van der Waals surface area contributed by atoms with Crippen LogP contribution in [0, 0.1) is 6.92 Å². The summed E-state index contributed by atoms with van der Waals surface area (Å²) in [6, 6.07) is 8.24. The van der Waals surface area contributed by atoms with Crippen LogP contribution >= 0.6 is 0 Å². The fraction of sp³-hybridized carbons (Fsp3) is 0.273. The number of pyridine rings is 1. The van der Waals surface area contributed by atoms with Crippen molar-refractivity contribution in [3.05, 3.63) is 65.4 Å². The van der Waals surface area contributed by atoms with Gasteiger partial charge in [0.2, 0.25) is 5.95 Å². The Morgan fingerprint density at radius 2 is 2.17 bits per heavy atom. The van der Waals surface area contributed by atoms with E-state index in [2.05, 4.69) is 37.6 Å². The third-order valence-corrected chi connectivity index (χ3v) is 5.39. The molecule has 152 valence electrons. The molecular weight excluding hydrogens is 380 g/mol. The van der Waals surface area contributed by atoms with Crippen LogP contribution in [0.2, 0.25) is 0 Å².